The summed E-state index contributed by atoms with van der Waals surface area (Å²) in [6, 6.07) is 21.9. The van der Waals surface area contributed by atoms with Crippen LogP contribution in [0.2, 0.25) is 0 Å². The van der Waals surface area contributed by atoms with Gasteiger partial charge in [-0.05, 0) is 54.5 Å². The van der Waals surface area contributed by atoms with E-state index in [1.54, 1.807) is 49.6 Å². The smallest absolute Gasteiger partial charge is 0.201 e. The normalized spacial score (nSPS) is 11.0. The largest absolute Gasteiger partial charge is 0.493 e. The molecule has 0 amide bonds. The highest BCUT2D eigenvalue weighted by molar-refractivity contribution is 5.87. The molecule has 3 aromatic carbocycles. The maximum atomic E-state index is 13.5. The molecule has 4 rings (SSSR count). The van der Waals surface area contributed by atoms with Crippen LogP contribution in [0, 0.1) is 11.3 Å². The quantitative estimate of drug-likeness (QED) is 0.247. The Morgan fingerprint density at radius 1 is 0.971 bits per heavy atom. The van der Waals surface area contributed by atoms with Crippen LogP contribution in [-0.2, 0) is 0 Å². The number of nitrogens with zero attached hydrogens (tertiary/aromatic N) is 1. The molecule has 1 aromatic heterocycles. The molecule has 35 heavy (non-hydrogen) atoms. The van der Waals surface area contributed by atoms with Gasteiger partial charge in [-0.15, -0.1) is 0 Å². The molecule has 4 aromatic rings. The highest BCUT2D eigenvalue weighted by Gasteiger charge is 2.15. The number of fused-ring (bicyclic) bond motifs is 1. The van der Waals surface area contributed by atoms with Crippen molar-refractivity contribution in [3.8, 4) is 28.7 Å². The van der Waals surface area contributed by atoms with Crippen LogP contribution in [0.3, 0.4) is 0 Å². The first-order chi connectivity index (χ1) is 17.2. The van der Waals surface area contributed by atoms with Gasteiger partial charge >= 0.3 is 0 Å². The Bertz CT molecular complexity index is 1440. The van der Waals surface area contributed by atoms with E-state index in [0.29, 0.717) is 51.5 Å². The third-order valence-electron chi connectivity index (χ3n) is 5.77. The monoisotopic (exact) mass is 465 g/mol. The number of hydrogen-bond donors (Lipinski definition) is 0. The SMILES string of the molecule is CCCCCOc1c(/C=C/c2oc3ccccc3c(=O)c2-c2ccc(C#N)cc2)cccc1OC. The molecule has 0 spiro atoms. The average Bonchev–Trinajstić information content (AvgIpc) is 2.90. The first-order valence-electron chi connectivity index (χ1n) is 11.7. The molecule has 5 heteroatoms. The van der Waals surface area contributed by atoms with Gasteiger partial charge < -0.3 is 13.9 Å². The summed E-state index contributed by atoms with van der Waals surface area (Å²) in [4.78, 5) is 13.5. The van der Waals surface area contributed by atoms with E-state index < -0.39 is 0 Å². The number of ether oxygens (including phenoxy) is 2. The summed E-state index contributed by atoms with van der Waals surface area (Å²) in [6.07, 6.45) is 6.82. The van der Waals surface area contributed by atoms with Crippen LogP contribution in [0.5, 0.6) is 11.5 Å². The van der Waals surface area contributed by atoms with E-state index in [1.807, 2.05) is 36.4 Å². The van der Waals surface area contributed by atoms with Crippen LogP contribution in [0.25, 0.3) is 34.2 Å². The molecule has 0 aliphatic carbocycles. The molecule has 0 aliphatic heterocycles. The van der Waals surface area contributed by atoms with Gasteiger partial charge in [0.05, 0.1) is 36.3 Å². The Labute approximate surface area is 204 Å². The van der Waals surface area contributed by atoms with Crippen molar-refractivity contribution in [3.63, 3.8) is 0 Å². The minimum absolute atomic E-state index is 0.127. The highest BCUT2D eigenvalue weighted by Crippen LogP contribution is 2.34. The van der Waals surface area contributed by atoms with Crippen molar-refractivity contribution in [2.75, 3.05) is 13.7 Å². The number of hydrogen-bond acceptors (Lipinski definition) is 5. The fourth-order valence-corrected chi connectivity index (χ4v) is 3.93. The van der Waals surface area contributed by atoms with Crippen molar-refractivity contribution in [2.24, 2.45) is 0 Å². The topological polar surface area (TPSA) is 72.5 Å². The summed E-state index contributed by atoms with van der Waals surface area (Å²) in [5.74, 6) is 1.74. The van der Waals surface area contributed by atoms with Crippen molar-refractivity contribution in [1.29, 1.82) is 5.26 Å². The van der Waals surface area contributed by atoms with E-state index in [9.17, 15) is 4.79 Å². The summed E-state index contributed by atoms with van der Waals surface area (Å²) in [6.45, 7) is 2.75. The van der Waals surface area contributed by atoms with Crippen LogP contribution in [-0.4, -0.2) is 13.7 Å². The number of methoxy groups -OCH3 is 1. The fourth-order valence-electron chi connectivity index (χ4n) is 3.93. The Morgan fingerprint density at radius 2 is 1.77 bits per heavy atom. The maximum absolute atomic E-state index is 13.5. The van der Waals surface area contributed by atoms with Gasteiger partial charge in [-0.3, -0.25) is 4.79 Å². The minimum atomic E-state index is -0.127. The zero-order valence-corrected chi connectivity index (χ0v) is 19.9. The molecule has 5 nitrogen and oxygen atoms in total. The maximum Gasteiger partial charge on any atom is 0.201 e. The second kappa shape index (κ2) is 11.2. The summed E-state index contributed by atoms with van der Waals surface area (Å²) in [5, 5.41) is 9.66. The van der Waals surface area contributed by atoms with Crippen LogP contribution in [0.15, 0.2) is 75.9 Å². The summed E-state index contributed by atoms with van der Waals surface area (Å²) in [7, 11) is 1.62. The van der Waals surface area contributed by atoms with Crippen LogP contribution < -0.4 is 14.9 Å². The van der Waals surface area contributed by atoms with Gasteiger partial charge in [-0.1, -0.05) is 56.2 Å². The molecule has 0 aliphatic rings. The van der Waals surface area contributed by atoms with Gasteiger partial charge in [0.1, 0.15) is 11.3 Å². The summed E-state index contributed by atoms with van der Waals surface area (Å²) < 4.78 is 17.8. The molecule has 176 valence electrons. The zero-order chi connectivity index (χ0) is 24.6. The second-order valence-electron chi connectivity index (χ2n) is 8.12. The van der Waals surface area contributed by atoms with Crippen LogP contribution in [0.1, 0.15) is 43.1 Å². The number of para-hydroxylation sites is 2. The Hall–Kier alpha value is -4.30. The lowest BCUT2D eigenvalue weighted by atomic mass is 10.00. The van der Waals surface area contributed by atoms with E-state index in [1.165, 1.54) is 0 Å². The van der Waals surface area contributed by atoms with E-state index in [2.05, 4.69) is 13.0 Å². The van der Waals surface area contributed by atoms with E-state index >= 15 is 0 Å². The standard InChI is InChI=1S/C30H27NO4/c1-3-4-7-19-34-30-23(9-8-12-27(30)33-2)17-18-26-28(22-15-13-21(20-31)14-16-22)29(32)24-10-5-6-11-25(24)35-26/h5-6,8-18H,3-4,7,19H2,1-2H3/b18-17+. The average molecular weight is 466 g/mol. The predicted molar refractivity (Wildman–Crippen MR) is 140 cm³/mol. The Morgan fingerprint density at radius 3 is 2.51 bits per heavy atom. The number of rotatable bonds is 9. The molecule has 1 heterocycles. The van der Waals surface area contributed by atoms with Crippen LogP contribution >= 0.6 is 0 Å². The molecular formula is C30H27NO4. The van der Waals surface area contributed by atoms with Crippen molar-refractivity contribution in [2.45, 2.75) is 26.2 Å². The Kier molecular flexibility index (Phi) is 7.64. The predicted octanol–water partition coefficient (Wildman–Crippen LogP) is 7.08. The summed E-state index contributed by atoms with van der Waals surface area (Å²) >= 11 is 0. The molecule has 0 fully saturated rings. The molecule has 0 saturated carbocycles. The van der Waals surface area contributed by atoms with Gasteiger partial charge in [-0.2, -0.15) is 5.26 Å². The van der Waals surface area contributed by atoms with Crippen molar-refractivity contribution in [3.05, 3.63) is 93.8 Å². The van der Waals surface area contributed by atoms with Gasteiger partial charge in [0, 0.05) is 5.56 Å². The van der Waals surface area contributed by atoms with Gasteiger partial charge in [0.15, 0.2) is 11.5 Å². The first-order valence-corrected chi connectivity index (χ1v) is 11.7. The molecular weight excluding hydrogens is 438 g/mol. The highest BCUT2D eigenvalue weighted by atomic mass is 16.5. The van der Waals surface area contributed by atoms with Crippen molar-refractivity contribution >= 4 is 23.1 Å². The van der Waals surface area contributed by atoms with Gasteiger partial charge in [0.25, 0.3) is 0 Å². The Balaban J connectivity index is 1.81. The zero-order valence-electron chi connectivity index (χ0n) is 19.9. The molecule has 0 N–H and O–H groups in total. The van der Waals surface area contributed by atoms with Crippen molar-refractivity contribution < 1.29 is 13.9 Å². The lowest BCUT2D eigenvalue weighted by Gasteiger charge is -2.13. The number of nitriles is 1. The van der Waals surface area contributed by atoms with Gasteiger partial charge in [0.2, 0.25) is 5.43 Å². The second-order valence-corrected chi connectivity index (χ2v) is 8.12. The lowest BCUT2D eigenvalue weighted by Crippen LogP contribution is -2.07. The third-order valence-corrected chi connectivity index (χ3v) is 5.77. The molecule has 0 atom stereocenters. The minimum Gasteiger partial charge on any atom is -0.493 e. The van der Waals surface area contributed by atoms with E-state index in [4.69, 9.17) is 19.2 Å². The summed E-state index contributed by atoms with van der Waals surface area (Å²) in [5.41, 5.74) is 2.86. The lowest BCUT2D eigenvalue weighted by molar-refractivity contribution is 0.285. The first kappa shape index (κ1) is 23.8. The molecule has 0 saturated heterocycles. The number of unbranched alkanes of at least 4 members (excludes halogenated alkanes) is 2. The molecule has 0 radical (unpaired) electrons. The molecule has 0 bridgehead atoms. The fraction of sp³-hybridized carbons (Fsp3) is 0.200. The third kappa shape index (κ3) is 5.28. The van der Waals surface area contributed by atoms with E-state index in [-0.39, 0.29) is 5.43 Å². The van der Waals surface area contributed by atoms with Crippen molar-refractivity contribution in [1.82, 2.24) is 0 Å². The van der Waals surface area contributed by atoms with E-state index in [0.717, 1.165) is 24.8 Å². The molecule has 0 unspecified atom stereocenters. The number of benzene rings is 3. The van der Waals surface area contributed by atoms with Crippen LogP contribution in [0.4, 0.5) is 0 Å². The van der Waals surface area contributed by atoms with Gasteiger partial charge in [-0.25, -0.2) is 0 Å².